The predicted octanol–water partition coefficient (Wildman–Crippen LogP) is 2.28. The van der Waals surface area contributed by atoms with Crippen molar-refractivity contribution in [2.45, 2.75) is 10.8 Å². The van der Waals surface area contributed by atoms with Gasteiger partial charge in [-0.05, 0) is 6.42 Å². The lowest BCUT2D eigenvalue weighted by Crippen LogP contribution is -2.16. The minimum atomic E-state index is -0.860. The average Bonchev–Trinajstić information content (AvgIpc) is 2.49. The van der Waals surface area contributed by atoms with Crippen LogP contribution in [0.25, 0.3) is 0 Å². The molecule has 0 aromatic carbocycles. The van der Waals surface area contributed by atoms with Crippen molar-refractivity contribution in [3.05, 3.63) is 11.6 Å². The van der Waals surface area contributed by atoms with Crippen LogP contribution in [0.3, 0.4) is 0 Å². The van der Waals surface area contributed by atoms with E-state index in [0.29, 0.717) is 11.6 Å². The zero-order valence-corrected chi connectivity index (χ0v) is 8.79. The molecule has 1 N–H and O–H groups in total. The van der Waals surface area contributed by atoms with Crippen molar-refractivity contribution in [2.75, 3.05) is 5.32 Å². The molecular weight excluding hydrogens is 231 g/mol. The van der Waals surface area contributed by atoms with E-state index >= 15 is 0 Å². The van der Waals surface area contributed by atoms with Crippen molar-refractivity contribution < 1.29 is 4.79 Å². The summed E-state index contributed by atoms with van der Waals surface area (Å²) in [4.78, 5) is 15.3. The van der Waals surface area contributed by atoms with Gasteiger partial charge in [-0.2, -0.15) is 0 Å². The van der Waals surface area contributed by atoms with Gasteiger partial charge in [0, 0.05) is 11.6 Å². The molecule has 1 fully saturated rings. The molecule has 1 saturated carbocycles. The number of alkyl halides is 2. The van der Waals surface area contributed by atoms with Crippen molar-refractivity contribution in [1.82, 2.24) is 4.98 Å². The SMILES string of the molecule is O=C(Nc1nccs1)C1CC1(Cl)Cl. The summed E-state index contributed by atoms with van der Waals surface area (Å²) in [5, 5.41) is 5.01. The van der Waals surface area contributed by atoms with E-state index in [0.717, 1.165) is 0 Å². The fraction of sp³-hybridized carbons (Fsp3) is 0.429. The zero-order chi connectivity index (χ0) is 9.47. The van der Waals surface area contributed by atoms with Gasteiger partial charge in [-0.1, -0.05) is 0 Å². The van der Waals surface area contributed by atoms with Gasteiger partial charge in [0.25, 0.3) is 0 Å². The second-order valence-electron chi connectivity index (χ2n) is 2.84. The fourth-order valence-electron chi connectivity index (χ4n) is 0.975. The van der Waals surface area contributed by atoms with Gasteiger partial charge in [0.15, 0.2) is 5.13 Å². The summed E-state index contributed by atoms with van der Waals surface area (Å²) in [7, 11) is 0. The highest BCUT2D eigenvalue weighted by Crippen LogP contribution is 2.53. The van der Waals surface area contributed by atoms with Gasteiger partial charge < -0.3 is 5.32 Å². The average molecular weight is 237 g/mol. The van der Waals surface area contributed by atoms with E-state index in [2.05, 4.69) is 10.3 Å². The maximum atomic E-state index is 11.4. The number of carbonyl (C=O) groups excluding carboxylic acids is 1. The normalized spacial score (nSPS) is 24.0. The topological polar surface area (TPSA) is 42.0 Å². The molecule has 1 amide bonds. The molecule has 1 aliphatic carbocycles. The highest BCUT2D eigenvalue weighted by atomic mass is 35.5. The van der Waals surface area contributed by atoms with Crippen molar-refractivity contribution in [3.8, 4) is 0 Å². The molecule has 2 rings (SSSR count). The molecule has 1 aliphatic rings. The maximum absolute atomic E-state index is 11.4. The minimum Gasteiger partial charge on any atom is -0.302 e. The summed E-state index contributed by atoms with van der Waals surface area (Å²) in [6.45, 7) is 0. The van der Waals surface area contributed by atoms with E-state index in [-0.39, 0.29) is 11.8 Å². The summed E-state index contributed by atoms with van der Waals surface area (Å²) < 4.78 is -0.860. The Hall–Kier alpha value is -0.320. The number of hydrogen-bond donors (Lipinski definition) is 1. The minimum absolute atomic E-state index is 0.153. The Kier molecular flexibility index (Phi) is 2.21. The number of carbonyl (C=O) groups is 1. The zero-order valence-electron chi connectivity index (χ0n) is 6.46. The van der Waals surface area contributed by atoms with E-state index in [4.69, 9.17) is 23.2 Å². The predicted molar refractivity (Wildman–Crippen MR) is 53.3 cm³/mol. The summed E-state index contributed by atoms with van der Waals surface area (Å²) in [6, 6.07) is 0. The summed E-state index contributed by atoms with van der Waals surface area (Å²) in [5.41, 5.74) is 0. The Labute approximate surface area is 89.1 Å². The summed E-state index contributed by atoms with van der Waals surface area (Å²) >= 11 is 12.8. The van der Waals surface area contributed by atoms with Gasteiger partial charge in [0.05, 0.1) is 5.92 Å². The molecule has 0 saturated heterocycles. The van der Waals surface area contributed by atoms with Gasteiger partial charge in [0.2, 0.25) is 5.91 Å². The van der Waals surface area contributed by atoms with Gasteiger partial charge in [-0.3, -0.25) is 4.79 Å². The lowest BCUT2D eigenvalue weighted by Gasteiger charge is -1.99. The Bertz CT molecular complexity index is 325. The van der Waals surface area contributed by atoms with Crippen LogP contribution in [0.2, 0.25) is 0 Å². The van der Waals surface area contributed by atoms with Crippen LogP contribution < -0.4 is 5.32 Å². The van der Waals surface area contributed by atoms with Crippen LogP contribution in [0, 0.1) is 5.92 Å². The molecule has 1 aromatic heterocycles. The van der Waals surface area contributed by atoms with Gasteiger partial charge in [0.1, 0.15) is 4.33 Å². The molecular formula is C7H6Cl2N2OS. The summed E-state index contributed by atoms with van der Waals surface area (Å²) in [5.74, 6) is -0.445. The third kappa shape index (κ3) is 1.95. The van der Waals surface area contributed by atoms with Crippen LogP contribution >= 0.6 is 34.5 Å². The van der Waals surface area contributed by atoms with Crippen molar-refractivity contribution in [2.24, 2.45) is 5.92 Å². The molecule has 3 nitrogen and oxygen atoms in total. The van der Waals surface area contributed by atoms with Gasteiger partial charge in [-0.15, -0.1) is 34.5 Å². The van der Waals surface area contributed by atoms with E-state index < -0.39 is 4.33 Å². The monoisotopic (exact) mass is 236 g/mol. The number of anilines is 1. The lowest BCUT2D eigenvalue weighted by molar-refractivity contribution is -0.117. The van der Waals surface area contributed by atoms with Crippen LogP contribution in [0.5, 0.6) is 0 Å². The Morgan fingerprint density at radius 2 is 2.46 bits per heavy atom. The van der Waals surface area contributed by atoms with Crippen LogP contribution in [-0.2, 0) is 4.79 Å². The van der Waals surface area contributed by atoms with E-state index in [1.165, 1.54) is 11.3 Å². The number of amides is 1. The number of aromatic nitrogens is 1. The molecule has 13 heavy (non-hydrogen) atoms. The Morgan fingerprint density at radius 1 is 1.77 bits per heavy atom. The van der Waals surface area contributed by atoms with E-state index in [1.54, 1.807) is 11.6 Å². The molecule has 1 unspecified atom stereocenters. The quantitative estimate of drug-likeness (QED) is 0.801. The number of halogens is 2. The van der Waals surface area contributed by atoms with Gasteiger partial charge >= 0.3 is 0 Å². The molecule has 1 heterocycles. The first-order valence-corrected chi connectivity index (χ1v) is 5.31. The molecule has 1 atom stereocenters. The van der Waals surface area contributed by atoms with Crippen LogP contribution in [0.15, 0.2) is 11.6 Å². The number of rotatable bonds is 2. The number of thiazole rings is 1. The maximum Gasteiger partial charge on any atom is 0.232 e. The standard InChI is InChI=1S/C7H6Cl2N2OS/c8-7(9)3-4(7)5(12)11-6-10-1-2-13-6/h1-2,4H,3H2,(H,10,11,12). The Balaban J connectivity index is 1.94. The van der Waals surface area contributed by atoms with Crippen molar-refractivity contribution in [1.29, 1.82) is 0 Å². The molecule has 0 bridgehead atoms. The number of nitrogens with one attached hydrogen (secondary N) is 1. The Morgan fingerprint density at radius 3 is 2.92 bits per heavy atom. The lowest BCUT2D eigenvalue weighted by atomic mass is 10.4. The molecule has 70 valence electrons. The van der Waals surface area contributed by atoms with Crippen molar-refractivity contribution >= 4 is 45.6 Å². The van der Waals surface area contributed by atoms with Crippen molar-refractivity contribution in [3.63, 3.8) is 0 Å². The van der Waals surface area contributed by atoms with E-state index in [1.807, 2.05) is 0 Å². The third-order valence-corrected chi connectivity index (χ3v) is 3.33. The second kappa shape index (κ2) is 3.12. The largest absolute Gasteiger partial charge is 0.302 e. The summed E-state index contributed by atoms with van der Waals surface area (Å²) in [6.07, 6.45) is 2.15. The highest BCUT2D eigenvalue weighted by Gasteiger charge is 2.56. The smallest absolute Gasteiger partial charge is 0.232 e. The van der Waals surface area contributed by atoms with E-state index in [9.17, 15) is 4.79 Å². The molecule has 6 heteroatoms. The number of nitrogens with zero attached hydrogens (tertiary/aromatic N) is 1. The molecule has 0 radical (unpaired) electrons. The second-order valence-corrected chi connectivity index (χ2v) is 5.28. The van der Waals surface area contributed by atoms with Crippen LogP contribution in [0.4, 0.5) is 5.13 Å². The highest BCUT2D eigenvalue weighted by molar-refractivity contribution is 7.13. The molecule has 0 spiro atoms. The van der Waals surface area contributed by atoms with Crippen LogP contribution in [-0.4, -0.2) is 15.2 Å². The third-order valence-electron chi connectivity index (χ3n) is 1.80. The molecule has 0 aliphatic heterocycles. The van der Waals surface area contributed by atoms with Gasteiger partial charge in [-0.25, -0.2) is 4.98 Å². The van der Waals surface area contributed by atoms with Crippen LogP contribution in [0.1, 0.15) is 6.42 Å². The number of hydrogen-bond acceptors (Lipinski definition) is 3. The first-order chi connectivity index (χ1) is 6.09. The first kappa shape index (κ1) is 9.24. The first-order valence-electron chi connectivity index (χ1n) is 3.68. The fourth-order valence-corrected chi connectivity index (χ4v) is 2.01. The molecule has 1 aromatic rings.